The van der Waals surface area contributed by atoms with Crippen molar-refractivity contribution in [2.45, 2.75) is 0 Å². The summed E-state index contributed by atoms with van der Waals surface area (Å²) in [4.78, 5) is 33.1. The molecule has 2 aromatic heterocycles. The van der Waals surface area contributed by atoms with E-state index in [9.17, 15) is 9.59 Å². The second kappa shape index (κ2) is 3.88. The summed E-state index contributed by atoms with van der Waals surface area (Å²) in [5.41, 5.74) is -0.294. The number of nitrogens with one attached hydrogen (secondary N) is 3. The number of fused-ring (bicyclic) bond motifs is 1. The van der Waals surface area contributed by atoms with Crippen LogP contribution in [-0.2, 0) is 19.5 Å². The molecule has 0 amide bonds. The largest absolute Gasteiger partial charge is 0 e. The topological polar surface area (TPSA) is 94.4 Å². The summed E-state index contributed by atoms with van der Waals surface area (Å²) in [6.07, 6.45) is 0. The summed E-state index contributed by atoms with van der Waals surface area (Å²) in [6, 6.07) is 0. The summed E-state index contributed by atoms with van der Waals surface area (Å²) in [6.45, 7) is 0. The maximum Gasteiger partial charge on any atom is 0 e. The van der Waals surface area contributed by atoms with E-state index in [-0.39, 0.29) is 19.5 Å². The Balaban J connectivity index is 0.000000845. The number of nitrogens with zero attached hydrogens (tertiary/aromatic N) is 1. The molecule has 2 heterocycles. The number of rotatable bonds is 0. The molecule has 0 saturated heterocycles. The van der Waals surface area contributed by atoms with Gasteiger partial charge in [0, 0.05) is 19.5 Å². The maximum atomic E-state index is 11.1. The van der Waals surface area contributed by atoms with Crippen LogP contribution in [0.3, 0.4) is 0 Å². The number of hydrogen-bond acceptors (Lipinski definition) is 3. The van der Waals surface area contributed by atoms with Crippen LogP contribution < -0.4 is 14.3 Å². The first-order chi connectivity index (χ1) is 5.66. The van der Waals surface area contributed by atoms with Crippen LogP contribution in [-0.4, -0.2) is 47.9 Å². The number of hydrogen-bond donors (Lipinski definition) is 3. The summed E-state index contributed by atoms with van der Waals surface area (Å²) in [5.74, 6) is 0. The number of imidazole rings is 1. The molecule has 0 saturated carbocycles. The Bertz CT molecular complexity index is 541. The molecule has 3 N–H and O–H groups in total. The van der Waals surface area contributed by atoms with Crippen LogP contribution in [0.15, 0.2) is 9.59 Å². The molecule has 2 aromatic rings. The molecular weight excluding hydrogens is 274 g/mol. The Labute approximate surface area is 102 Å². The van der Waals surface area contributed by atoms with E-state index in [0.717, 1.165) is 3.07 Å². The minimum atomic E-state index is -0.527. The van der Waals surface area contributed by atoms with Crippen LogP contribution >= 0.6 is 0 Å². The summed E-state index contributed by atoms with van der Waals surface area (Å²) in [7, 11) is 0. The van der Waals surface area contributed by atoms with Crippen molar-refractivity contribution in [3.05, 3.63) is 20.8 Å². The number of aromatic amines is 3. The predicted molar refractivity (Wildman–Crippen MR) is 42.7 cm³/mol. The van der Waals surface area contributed by atoms with Crippen LogP contribution in [0.4, 0.5) is 0 Å². The van der Waals surface area contributed by atoms with Gasteiger partial charge in [0.25, 0.3) is 0 Å². The molecule has 0 bridgehead atoms. The molecule has 0 unspecified atom stereocenters. The van der Waals surface area contributed by atoms with Crippen molar-refractivity contribution >= 4 is 42.2 Å². The summed E-state index contributed by atoms with van der Waals surface area (Å²) < 4.78 is 0.734. The van der Waals surface area contributed by atoms with E-state index in [2.05, 4.69) is 19.9 Å². The maximum absolute atomic E-state index is 11.1. The third kappa shape index (κ3) is 1.99. The number of aromatic nitrogens is 4. The van der Waals surface area contributed by atoms with E-state index in [1.165, 1.54) is 0 Å². The molecule has 0 aromatic carbocycles. The Morgan fingerprint density at radius 1 is 1.15 bits per heavy atom. The van der Waals surface area contributed by atoms with Crippen molar-refractivity contribution in [1.29, 1.82) is 0 Å². The molecule has 65 valence electrons. The molecule has 6 nitrogen and oxygen atoms in total. The van der Waals surface area contributed by atoms with E-state index < -0.39 is 11.2 Å². The molecular formula is C5H3N4NaO2Rh. The van der Waals surface area contributed by atoms with Gasteiger partial charge in [0.2, 0.25) is 0 Å². The second-order valence-electron chi connectivity index (χ2n) is 2.45. The fraction of sp³-hybridized carbons (Fsp3) is 0. The Morgan fingerprint density at radius 3 is 2.54 bits per heavy atom. The van der Waals surface area contributed by atoms with E-state index in [1.54, 1.807) is 0 Å². The van der Waals surface area contributed by atoms with Crippen LogP contribution in [0.1, 0.15) is 0 Å². The van der Waals surface area contributed by atoms with E-state index in [4.69, 9.17) is 0 Å². The van der Waals surface area contributed by atoms with Crippen LogP contribution in [0.25, 0.3) is 11.2 Å². The molecule has 2 rings (SSSR count). The number of H-pyrrole nitrogens is 3. The van der Waals surface area contributed by atoms with Gasteiger partial charge in [-0.15, -0.1) is 0 Å². The van der Waals surface area contributed by atoms with Gasteiger partial charge in [-0.1, -0.05) is 0 Å². The van der Waals surface area contributed by atoms with E-state index in [0.29, 0.717) is 39.1 Å². The van der Waals surface area contributed by atoms with Crippen LogP contribution in [0, 0.1) is 0 Å². The summed E-state index contributed by atoms with van der Waals surface area (Å²) in [5, 5.41) is 0. The second-order valence-corrected chi connectivity index (χ2v) is 3.40. The monoisotopic (exact) mass is 277 g/mol. The molecule has 0 aliphatic heterocycles. The smallest absolute Gasteiger partial charge is 0 e. The SMILES string of the molecule is O=c1[nH]c(=O)c2[nH][c]([Na])nc2[nH]1.[Rh]. The van der Waals surface area contributed by atoms with Crippen molar-refractivity contribution in [3.8, 4) is 0 Å². The fourth-order valence-corrected chi connectivity index (χ4v) is 1.52. The Hall–Kier alpha value is -0.227. The molecule has 1 radical (unpaired) electrons. The van der Waals surface area contributed by atoms with Gasteiger partial charge >= 0.3 is 82.9 Å². The molecule has 0 spiro atoms. The molecule has 0 fully saturated rings. The quantitative estimate of drug-likeness (QED) is 0.474. The van der Waals surface area contributed by atoms with Gasteiger partial charge in [-0.25, -0.2) is 0 Å². The Kier molecular flexibility index (Phi) is 3.24. The zero-order valence-electron chi connectivity index (χ0n) is 6.60. The average molecular weight is 277 g/mol. The summed E-state index contributed by atoms with van der Waals surface area (Å²) >= 11 is 0.717. The first kappa shape index (κ1) is 10.9. The van der Waals surface area contributed by atoms with Gasteiger partial charge < -0.3 is 0 Å². The molecule has 0 aliphatic carbocycles. The Morgan fingerprint density at radius 2 is 1.85 bits per heavy atom. The van der Waals surface area contributed by atoms with Crippen molar-refractivity contribution in [3.63, 3.8) is 0 Å². The molecule has 0 aliphatic rings. The van der Waals surface area contributed by atoms with E-state index in [1.807, 2.05) is 0 Å². The third-order valence-electron chi connectivity index (χ3n) is 1.51. The average Bonchev–Trinajstić information content (AvgIpc) is 2.29. The first-order valence-electron chi connectivity index (χ1n) is 3.36. The minimum Gasteiger partial charge on any atom is 0 e. The van der Waals surface area contributed by atoms with Crippen molar-refractivity contribution in [2.75, 3.05) is 0 Å². The van der Waals surface area contributed by atoms with Gasteiger partial charge in [0.1, 0.15) is 0 Å². The van der Waals surface area contributed by atoms with Crippen LogP contribution in [0.5, 0.6) is 0 Å². The molecule has 13 heavy (non-hydrogen) atoms. The molecule has 0 atom stereocenters. The van der Waals surface area contributed by atoms with E-state index >= 15 is 0 Å². The van der Waals surface area contributed by atoms with Gasteiger partial charge in [0.05, 0.1) is 0 Å². The standard InChI is InChI=1S/C5H3N4O2.Na.Rh/c10-4-2-3(7-1-6-2)8-5(11)9-4;;/h(H3,6,7,8,9,10,11);;. The van der Waals surface area contributed by atoms with Gasteiger partial charge in [-0.3, -0.25) is 0 Å². The predicted octanol–water partition coefficient (Wildman–Crippen LogP) is -2.27. The van der Waals surface area contributed by atoms with Crippen molar-refractivity contribution in [1.82, 2.24) is 19.9 Å². The molecule has 8 heteroatoms. The minimum absolute atomic E-state index is 0. The van der Waals surface area contributed by atoms with Gasteiger partial charge in [0.15, 0.2) is 0 Å². The zero-order valence-corrected chi connectivity index (χ0v) is 10.2. The van der Waals surface area contributed by atoms with Gasteiger partial charge in [-0.05, 0) is 0 Å². The fourth-order valence-electron chi connectivity index (χ4n) is 1.05. The first-order valence-corrected chi connectivity index (χ1v) is 4.36. The van der Waals surface area contributed by atoms with Crippen molar-refractivity contribution in [2.24, 2.45) is 0 Å². The van der Waals surface area contributed by atoms with Crippen LogP contribution in [0.2, 0.25) is 0 Å². The normalized spacial score (nSPS) is 10.0. The van der Waals surface area contributed by atoms with Crippen molar-refractivity contribution < 1.29 is 19.5 Å². The third-order valence-corrected chi connectivity index (χ3v) is 1.98. The van der Waals surface area contributed by atoms with Gasteiger partial charge in [-0.2, -0.15) is 0 Å². The zero-order chi connectivity index (χ0) is 8.72.